The smallest absolute Gasteiger partial charge is 0.318 e. The molecule has 0 bridgehead atoms. The number of aliphatic hydroxyl groups excluding tert-OH is 1. The number of benzene rings is 1. The fourth-order valence-electron chi connectivity index (χ4n) is 3.94. The second-order valence-corrected chi connectivity index (χ2v) is 7.84. The number of hydrogen-bond donors (Lipinski definition) is 3. The quantitative estimate of drug-likeness (QED) is 0.371. The average molecular weight is 480 g/mol. The van der Waals surface area contributed by atoms with Crippen LogP contribution in [0.5, 0.6) is 0 Å². The molecule has 178 valence electrons. The maximum atomic E-state index is 13.8. The molecule has 3 aromatic rings. The van der Waals surface area contributed by atoms with Crippen molar-refractivity contribution in [3.05, 3.63) is 93.7 Å². The monoisotopic (exact) mass is 479 g/mol. The molecule has 35 heavy (non-hydrogen) atoms. The first-order chi connectivity index (χ1) is 18.9. The first kappa shape index (κ1) is 17.0. The summed E-state index contributed by atoms with van der Waals surface area (Å²) in [5.41, 5.74) is 13.0. The highest BCUT2D eigenvalue weighted by Gasteiger charge is 2.44. The number of fused-ring (bicyclic) bond motifs is 1. The summed E-state index contributed by atoms with van der Waals surface area (Å²) < 4.78 is 55.0. The van der Waals surface area contributed by atoms with Crippen molar-refractivity contribution in [2.45, 2.75) is 20.1 Å². The minimum Gasteiger partial charge on any atom is -0.692 e. The molecule has 5 rings (SSSR count). The van der Waals surface area contributed by atoms with Crippen LogP contribution in [0, 0.1) is 17.9 Å². The number of aryl methyl sites for hydroxylation is 1. The Morgan fingerprint density at radius 3 is 2.63 bits per heavy atom. The van der Waals surface area contributed by atoms with Crippen LogP contribution in [0.1, 0.15) is 35.1 Å². The predicted molar refractivity (Wildman–Crippen MR) is 129 cm³/mol. The predicted octanol–water partition coefficient (Wildman–Crippen LogP) is 1.79. The average Bonchev–Trinajstić information content (AvgIpc) is 3.24. The zero-order valence-corrected chi connectivity index (χ0v) is 18.5. The molecular formula is C24H23FN8O2. The molecular weight excluding hydrogens is 451 g/mol. The number of nitrogens with two attached hydrogens (primary N) is 2. The number of guanidine groups is 1. The topological polar surface area (TPSA) is 143 Å². The van der Waals surface area contributed by atoms with E-state index in [0.717, 1.165) is 6.07 Å². The molecule has 0 spiro atoms. The molecule has 1 aromatic carbocycles. The van der Waals surface area contributed by atoms with Crippen molar-refractivity contribution < 1.29 is 21.2 Å². The van der Waals surface area contributed by atoms with Gasteiger partial charge in [-0.2, -0.15) is 19.7 Å². The minimum absolute atomic E-state index is 0.0427. The Morgan fingerprint density at radius 2 is 1.91 bits per heavy atom. The van der Waals surface area contributed by atoms with Crippen molar-refractivity contribution in [3.8, 4) is 0 Å². The van der Waals surface area contributed by atoms with Crippen LogP contribution >= 0.6 is 0 Å². The molecule has 2 aromatic heterocycles. The van der Waals surface area contributed by atoms with E-state index in [-0.39, 0.29) is 53.4 Å². The summed E-state index contributed by atoms with van der Waals surface area (Å²) in [5, 5.41) is 24.9. The number of pyridine rings is 2. The van der Waals surface area contributed by atoms with E-state index in [0.29, 0.717) is 21.8 Å². The molecule has 10 nitrogen and oxygen atoms in total. The summed E-state index contributed by atoms with van der Waals surface area (Å²) in [6, 6.07) is 2.82. The highest BCUT2D eigenvalue weighted by Crippen LogP contribution is 2.35. The number of nitrogen functional groups attached to an aromatic ring is 1. The molecule has 5 N–H and O–H groups in total. The third-order valence-electron chi connectivity index (χ3n) is 5.43. The van der Waals surface area contributed by atoms with Gasteiger partial charge >= 0.3 is 5.84 Å². The summed E-state index contributed by atoms with van der Waals surface area (Å²) in [4.78, 5) is 14.6. The van der Waals surface area contributed by atoms with E-state index in [4.69, 9.17) is 18.3 Å². The lowest BCUT2D eigenvalue weighted by molar-refractivity contribution is -0.630. The number of anilines is 1. The lowest BCUT2D eigenvalue weighted by Gasteiger charge is -2.22. The first-order valence-corrected chi connectivity index (χ1v) is 10.4. The van der Waals surface area contributed by atoms with Gasteiger partial charge in [0, 0.05) is 11.3 Å². The normalized spacial score (nSPS) is 17.6. The second kappa shape index (κ2) is 8.69. The van der Waals surface area contributed by atoms with Gasteiger partial charge in [-0.05, 0) is 36.8 Å². The molecule has 0 radical (unpaired) electrons. The number of hydrogen-bond acceptors (Lipinski definition) is 9. The molecule has 0 fully saturated rings. The zero-order chi connectivity index (χ0) is 29.0. The van der Waals surface area contributed by atoms with Crippen LogP contribution in [-0.2, 0) is 13.2 Å². The van der Waals surface area contributed by atoms with E-state index < -0.39 is 42.6 Å². The number of aliphatic hydroxyl groups is 1. The van der Waals surface area contributed by atoms with Gasteiger partial charge < -0.3 is 21.8 Å². The van der Waals surface area contributed by atoms with Crippen LogP contribution < -0.4 is 11.5 Å². The van der Waals surface area contributed by atoms with Gasteiger partial charge in [-0.15, -0.1) is 0 Å². The van der Waals surface area contributed by atoms with Crippen molar-refractivity contribution in [2.24, 2.45) is 10.7 Å². The van der Waals surface area contributed by atoms with E-state index >= 15 is 0 Å². The molecule has 4 heterocycles. The van der Waals surface area contributed by atoms with E-state index in [2.05, 4.69) is 15.0 Å². The van der Waals surface area contributed by atoms with Crippen molar-refractivity contribution in [2.75, 3.05) is 12.4 Å². The standard InChI is InChI=1S/C24H23FN8O2/c1-14-9-16(10-18(12-34)28-14)20-21(15-5-3-2-4-6-15)30-24(27)32-13-31(33(35)23(20)32)11-17-7-8-19(25)22(26)29-17/h2-10,34H,11-13H2,1H3,(H2,26,29)(H2,27,30)/i2D,3D,4D,5D,6D. The maximum Gasteiger partial charge on any atom is 0.318 e. The van der Waals surface area contributed by atoms with Gasteiger partial charge in [-0.3, -0.25) is 4.98 Å². The molecule has 0 aliphatic carbocycles. The lowest BCUT2D eigenvalue weighted by atomic mass is 9.96. The molecule has 2 aliphatic heterocycles. The molecule has 2 aliphatic rings. The molecule has 0 saturated carbocycles. The van der Waals surface area contributed by atoms with Crippen molar-refractivity contribution in [1.29, 1.82) is 0 Å². The fourth-order valence-corrected chi connectivity index (χ4v) is 3.94. The Kier molecular flexibility index (Phi) is 4.22. The number of aromatic nitrogens is 2. The van der Waals surface area contributed by atoms with E-state index in [1.807, 2.05) is 0 Å². The van der Waals surface area contributed by atoms with E-state index in [9.17, 15) is 14.7 Å². The van der Waals surface area contributed by atoms with Gasteiger partial charge in [-0.1, -0.05) is 30.2 Å². The number of rotatable bonds is 5. The Hall–Kier alpha value is -4.51. The Bertz CT molecular complexity index is 1650. The largest absolute Gasteiger partial charge is 0.692 e. The summed E-state index contributed by atoms with van der Waals surface area (Å²) in [6.07, 6.45) is 0. The van der Waals surface area contributed by atoms with Crippen LogP contribution in [0.4, 0.5) is 10.2 Å². The van der Waals surface area contributed by atoms with Crippen LogP contribution in [0.3, 0.4) is 0 Å². The number of aliphatic imine (C=N–C) groups is 1. The van der Waals surface area contributed by atoms with Gasteiger partial charge in [0.1, 0.15) is 12.1 Å². The van der Waals surface area contributed by atoms with Crippen molar-refractivity contribution in [3.63, 3.8) is 0 Å². The van der Waals surface area contributed by atoms with Gasteiger partial charge in [-0.25, -0.2) is 9.37 Å². The lowest BCUT2D eigenvalue weighted by Crippen LogP contribution is -2.44. The van der Waals surface area contributed by atoms with Crippen LogP contribution in [0.2, 0.25) is 0 Å². The van der Waals surface area contributed by atoms with Crippen molar-refractivity contribution >= 4 is 28.9 Å². The molecule has 11 heteroatoms. The molecule has 0 unspecified atom stereocenters. The van der Waals surface area contributed by atoms with Crippen LogP contribution in [0.25, 0.3) is 11.3 Å². The maximum absolute atomic E-state index is 13.8. The second-order valence-electron chi connectivity index (χ2n) is 7.84. The third kappa shape index (κ3) is 4.02. The number of amidine groups is 1. The fraction of sp³-hybridized carbons (Fsp3) is 0.167. The summed E-state index contributed by atoms with van der Waals surface area (Å²) in [5.74, 6) is -1.23. The van der Waals surface area contributed by atoms with Gasteiger partial charge in [0.05, 0.1) is 30.5 Å². The Labute approximate surface area is 207 Å². The minimum atomic E-state index is -0.700. The number of hydrazone groups is 1. The molecule has 0 saturated heterocycles. The number of nitrogens with zero attached hydrogens (tertiary/aromatic N) is 6. The van der Waals surface area contributed by atoms with Crippen LogP contribution in [0.15, 0.2) is 59.5 Å². The van der Waals surface area contributed by atoms with Gasteiger partial charge in [0.25, 0.3) is 5.96 Å². The number of halogens is 1. The van der Waals surface area contributed by atoms with Crippen molar-refractivity contribution in [1.82, 2.24) is 19.9 Å². The summed E-state index contributed by atoms with van der Waals surface area (Å²) in [6.45, 7) is 1.08. The Balaban J connectivity index is 1.79. The highest BCUT2D eigenvalue weighted by atomic mass is 19.1. The summed E-state index contributed by atoms with van der Waals surface area (Å²) in [7, 11) is 0. The van der Waals surface area contributed by atoms with E-state index in [1.54, 1.807) is 13.0 Å². The van der Waals surface area contributed by atoms with Gasteiger partial charge in [0.15, 0.2) is 18.3 Å². The number of hydrazine groups is 1. The molecule has 0 amide bonds. The van der Waals surface area contributed by atoms with Crippen LogP contribution in [-0.4, -0.2) is 48.3 Å². The third-order valence-corrected chi connectivity index (χ3v) is 5.43. The Morgan fingerprint density at radius 1 is 1.14 bits per heavy atom. The molecule has 0 atom stereocenters. The van der Waals surface area contributed by atoms with E-state index in [1.165, 1.54) is 22.0 Å². The first-order valence-electron chi connectivity index (χ1n) is 12.9. The highest BCUT2D eigenvalue weighted by molar-refractivity contribution is 6.33. The zero-order valence-electron chi connectivity index (χ0n) is 23.5. The summed E-state index contributed by atoms with van der Waals surface area (Å²) >= 11 is 0. The van der Waals surface area contributed by atoms with Gasteiger partial charge in [0.2, 0.25) is 0 Å². The SMILES string of the molecule is [2H]c1c([2H])c([2H])c(C2=C(c3cc(C)nc(CO)c3)C3=[N+]([O-])N(Cc4ccc(F)c(N)n4)CN3C(N)=N2)c([2H])c1[2H].